The first-order chi connectivity index (χ1) is 9.46. The zero-order valence-corrected chi connectivity index (χ0v) is 14.1. The fourth-order valence-electron chi connectivity index (χ4n) is 3.28. The highest BCUT2D eigenvalue weighted by Crippen LogP contribution is 2.37. The highest BCUT2D eigenvalue weighted by Gasteiger charge is 2.37. The number of halogens is 2. The zero-order valence-electron chi connectivity index (χ0n) is 12.5. The van der Waals surface area contributed by atoms with Gasteiger partial charge in [-0.25, -0.2) is 0 Å². The Morgan fingerprint density at radius 3 is 2.40 bits per heavy atom. The van der Waals surface area contributed by atoms with Crippen LogP contribution in [0.3, 0.4) is 0 Å². The molecule has 0 spiro atoms. The van der Waals surface area contributed by atoms with Crippen molar-refractivity contribution in [1.29, 1.82) is 0 Å². The summed E-state index contributed by atoms with van der Waals surface area (Å²) in [5, 5.41) is 4.95. The van der Waals surface area contributed by atoms with Gasteiger partial charge in [0.15, 0.2) is 0 Å². The molecule has 0 saturated carbocycles. The summed E-state index contributed by atoms with van der Waals surface area (Å²) >= 11 is 12.6. The van der Waals surface area contributed by atoms with Crippen molar-refractivity contribution < 1.29 is 0 Å². The van der Waals surface area contributed by atoms with Crippen molar-refractivity contribution >= 4 is 23.2 Å². The highest BCUT2D eigenvalue weighted by atomic mass is 35.5. The van der Waals surface area contributed by atoms with Gasteiger partial charge in [-0.05, 0) is 70.6 Å². The summed E-state index contributed by atoms with van der Waals surface area (Å²) in [6, 6.07) is 5.87. The molecule has 1 atom stereocenters. The number of likely N-dealkylation sites (N-methyl/N-ethyl adjacent to an activating group) is 1. The van der Waals surface area contributed by atoms with E-state index in [1.54, 1.807) is 0 Å². The Labute approximate surface area is 132 Å². The molecule has 0 bridgehead atoms. The van der Waals surface area contributed by atoms with Gasteiger partial charge in [-0.1, -0.05) is 29.6 Å². The molecular formula is C16H24Cl2N2. The maximum Gasteiger partial charge on any atom is 0.0514 e. The molecule has 2 nitrogen and oxygen atoms in total. The second-order valence-electron chi connectivity index (χ2n) is 6.09. The highest BCUT2D eigenvalue weighted by molar-refractivity contribution is 6.33. The predicted molar refractivity (Wildman–Crippen MR) is 87.8 cm³/mol. The van der Waals surface area contributed by atoms with E-state index < -0.39 is 0 Å². The Morgan fingerprint density at radius 2 is 1.80 bits per heavy atom. The first-order valence-electron chi connectivity index (χ1n) is 7.34. The van der Waals surface area contributed by atoms with E-state index in [1.165, 1.54) is 19.3 Å². The van der Waals surface area contributed by atoms with Gasteiger partial charge in [0.1, 0.15) is 0 Å². The Hall–Kier alpha value is -0.280. The van der Waals surface area contributed by atoms with Crippen LogP contribution in [0.25, 0.3) is 0 Å². The molecule has 1 N–H and O–H groups in total. The minimum absolute atomic E-state index is 0.00346. The van der Waals surface area contributed by atoms with Gasteiger partial charge < -0.3 is 5.32 Å². The molecule has 0 amide bonds. The van der Waals surface area contributed by atoms with E-state index in [0.717, 1.165) is 28.7 Å². The van der Waals surface area contributed by atoms with E-state index in [-0.39, 0.29) is 11.6 Å². The zero-order chi connectivity index (χ0) is 14.8. The molecule has 1 aromatic carbocycles. The molecule has 0 aliphatic carbocycles. The van der Waals surface area contributed by atoms with Crippen molar-refractivity contribution in [2.45, 2.75) is 44.7 Å². The van der Waals surface area contributed by atoms with Crippen LogP contribution < -0.4 is 5.32 Å². The van der Waals surface area contributed by atoms with E-state index in [0.29, 0.717) is 0 Å². The van der Waals surface area contributed by atoms with E-state index in [1.807, 2.05) is 25.2 Å². The summed E-state index contributed by atoms with van der Waals surface area (Å²) in [6.07, 6.45) is 3.90. The number of nitrogens with one attached hydrogen (secondary N) is 1. The van der Waals surface area contributed by atoms with Crippen molar-refractivity contribution in [2.75, 3.05) is 20.1 Å². The fourth-order valence-corrected chi connectivity index (χ4v) is 3.69. The standard InChI is InChI=1S/C16H24Cl2N2/c1-16(2,20-9-5-4-6-10-20)15(19-3)13-11-12(17)7-8-14(13)18/h7-8,11,15,19H,4-6,9-10H2,1-3H3. The number of rotatable bonds is 4. The first kappa shape index (κ1) is 16.1. The van der Waals surface area contributed by atoms with E-state index in [4.69, 9.17) is 23.2 Å². The molecule has 2 rings (SSSR count). The first-order valence-corrected chi connectivity index (χ1v) is 8.09. The molecule has 1 aromatic rings. The summed E-state index contributed by atoms with van der Waals surface area (Å²) < 4.78 is 0. The molecule has 4 heteroatoms. The SMILES string of the molecule is CNC(c1cc(Cl)ccc1Cl)C(C)(C)N1CCCCC1. The number of hydrogen-bond donors (Lipinski definition) is 1. The Morgan fingerprint density at radius 1 is 1.15 bits per heavy atom. The Balaban J connectivity index is 2.32. The van der Waals surface area contributed by atoms with Crippen LogP contribution in [0.5, 0.6) is 0 Å². The molecule has 0 radical (unpaired) electrons. The van der Waals surface area contributed by atoms with Crippen LogP contribution >= 0.6 is 23.2 Å². The van der Waals surface area contributed by atoms with Gasteiger partial charge in [0.2, 0.25) is 0 Å². The van der Waals surface area contributed by atoms with Crippen LogP contribution in [0.2, 0.25) is 10.0 Å². The van der Waals surface area contributed by atoms with Crippen LogP contribution in [0.1, 0.15) is 44.7 Å². The van der Waals surface area contributed by atoms with Gasteiger partial charge in [-0.3, -0.25) is 4.90 Å². The van der Waals surface area contributed by atoms with Crippen LogP contribution in [0, 0.1) is 0 Å². The second-order valence-corrected chi connectivity index (χ2v) is 6.93. The van der Waals surface area contributed by atoms with Crippen molar-refractivity contribution in [2.24, 2.45) is 0 Å². The smallest absolute Gasteiger partial charge is 0.0514 e. The Bertz CT molecular complexity index is 454. The number of hydrogen-bond acceptors (Lipinski definition) is 2. The topological polar surface area (TPSA) is 15.3 Å². The lowest BCUT2D eigenvalue weighted by Crippen LogP contribution is -2.53. The van der Waals surface area contributed by atoms with Crippen molar-refractivity contribution in [3.05, 3.63) is 33.8 Å². The number of nitrogens with zero attached hydrogens (tertiary/aromatic N) is 1. The van der Waals surface area contributed by atoms with Gasteiger partial charge in [-0.15, -0.1) is 0 Å². The monoisotopic (exact) mass is 314 g/mol. The summed E-state index contributed by atoms with van der Waals surface area (Å²) in [7, 11) is 1.99. The number of likely N-dealkylation sites (tertiary alicyclic amines) is 1. The summed E-state index contributed by atoms with van der Waals surface area (Å²) in [6.45, 7) is 6.89. The molecule has 1 heterocycles. The van der Waals surface area contributed by atoms with Crippen LogP contribution in [-0.4, -0.2) is 30.6 Å². The molecular weight excluding hydrogens is 291 g/mol. The fraction of sp³-hybridized carbons (Fsp3) is 0.625. The van der Waals surface area contributed by atoms with Gasteiger partial charge in [-0.2, -0.15) is 0 Å². The minimum Gasteiger partial charge on any atom is -0.311 e. The normalized spacial score (nSPS) is 19.1. The largest absolute Gasteiger partial charge is 0.311 e. The molecule has 1 fully saturated rings. The summed E-state index contributed by atoms with van der Waals surface area (Å²) in [5.41, 5.74) is 1.08. The van der Waals surface area contributed by atoms with Crippen LogP contribution in [-0.2, 0) is 0 Å². The quantitative estimate of drug-likeness (QED) is 0.879. The lowest BCUT2D eigenvalue weighted by Gasteiger charge is -2.46. The summed E-state index contributed by atoms with van der Waals surface area (Å²) in [4.78, 5) is 2.56. The molecule has 0 aromatic heterocycles. The predicted octanol–water partition coefficient (Wildman–Crippen LogP) is 4.52. The maximum absolute atomic E-state index is 6.40. The number of benzene rings is 1. The minimum atomic E-state index is 0.00346. The van der Waals surface area contributed by atoms with Crippen LogP contribution in [0.15, 0.2) is 18.2 Å². The van der Waals surface area contributed by atoms with Gasteiger partial charge in [0.05, 0.1) is 6.04 Å². The Kier molecular flexibility index (Phi) is 5.36. The third kappa shape index (κ3) is 3.30. The molecule has 1 aliphatic heterocycles. The van der Waals surface area contributed by atoms with E-state index in [2.05, 4.69) is 24.1 Å². The van der Waals surface area contributed by atoms with Crippen molar-refractivity contribution in [3.8, 4) is 0 Å². The second kappa shape index (κ2) is 6.65. The molecule has 20 heavy (non-hydrogen) atoms. The third-order valence-corrected chi connectivity index (χ3v) is 5.01. The van der Waals surface area contributed by atoms with Gasteiger partial charge >= 0.3 is 0 Å². The van der Waals surface area contributed by atoms with Gasteiger partial charge in [0, 0.05) is 15.6 Å². The lowest BCUT2D eigenvalue weighted by molar-refractivity contribution is 0.0633. The lowest BCUT2D eigenvalue weighted by atomic mass is 9.85. The number of piperidine rings is 1. The molecule has 1 saturated heterocycles. The van der Waals surface area contributed by atoms with E-state index in [9.17, 15) is 0 Å². The maximum atomic E-state index is 6.40. The van der Waals surface area contributed by atoms with Crippen molar-refractivity contribution in [3.63, 3.8) is 0 Å². The average molecular weight is 315 g/mol. The van der Waals surface area contributed by atoms with E-state index >= 15 is 0 Å². The van der Waals surface area contributed by atoms with Gasteiger partial charge in [0.25, 0.3) is 0 Å². The molecule has 1 aliphatic rings. The van der Waals surface area contributed by atoms with Crippen LogP contribution in [0.4, 0.5) is 0 Å². The average Bonchev–Trinajstić information content (AvgIpc) is 2.44. The molecule has 1 unspecified atom stereocenters. The molecule has 112 valence electrons. The summed E-state index contributed by atoms with van der Waals surface area (Å²) in [5.74, 6) is 0. The van der Waals surface area contributed by atoms with Crippen molar-refractivity contribution in [1.82, 2.24) is 10.2 Å². The third-order valence-electron chi connectivity index (χ3n) is 4.44.